The minimum Gasteiger partial charge on any atom is -0.398 e. The minimum atomic E-state index is -3.61. The molecule has 1 aromatic carbocycles. The number of likely N-dealkylation sites (N-methyl/N-ethyl adjacent to an activating group) is 1. The molecule has 0 aliphatic carbocycles. The lowest BCUT2D eigenvalue weighted by Gasteiger charge is -2.18. The number of hydrogen-bond acceptors (Lipinski definition) is 4. The van der Waals surface area contributed by atoms with E-state index in [1.165, 1.54) is 10.4 Å². The molecule has 7 heteroatoms. The quantitative estimate of drug-likeness (QED) is 0.820. The third-order valence-electron chi connectivity index (χ3n) is 3.07. The number of benzene rings is 1. The van der Waals surface area contributed by atoms with Gasteiger partial charge in [-0.1, -0.05) is 22.0 Å². The highest BCUT2D eigenvalue weighted by atomic mass is 79.9. The third kappa shape index (κ3) is 3.81. The van der Waals surface area contributed by atoms with Gasteiger partial charge in [0, 0.05) is 36.4 Å². The first-order valence-electron chi connectivity index (χ1n) is 6.32. The molecule has 0 aliphatic rings. The summed E-state index contributed by atoms with van der Waals surface area (Å²) < 4.78 is 27.0. The number of aromatic nitrogens is 1. The summed E-state index contributed by atoms with van der Waals surface area (Å²) in [7, 11) is -2.07. The molecule has 0 radical (unpaired) electrons. The van der Waals surface area contributed by atoms with Crippen LogP contribution in [-0.4, -0.2) is 31.3 Å². The van der Waals surface area contributed by atoms with Gasteiger partial charge < -0.3 is 5.73 Å². The molecular weight excluding hydrogens is 354 g/mol. The predicted octanol–water partition coefficient (Wildman–Crippen LogP) is 2.29. The van der Waals surface area contributed by atoms with E-state index in [0.717, 1.165) is 5.69 Å². The molecule has 21 heavy (non-hydrogen) atoms. The van der Waals surface area contributed by atoms with Crippen LogP contribution < -0.4 is 5.73 Å². The van der Waals surface area contributed by atoms with E-state index in [0.29, 0.717) is 17.4 Å². The summed E-state index contributed by atoms with van der Waals surface area (Å²) in [5, 5.41) is 0. The normalized spacial score (nSPS) is 11.8. The second-order valence-corrected chi connectivity index (χ2v) is 7.51. The van der Waals surface area contributed by atoms with Crippen molar-refractivity contribution in [3.63, 3.8) is 0 Å². The van der Waals surface area contributed by atoms with Gasteiger partial charge in [0.25, 0.3) is 0 Å². The van der Waals surface area contributed by atoms with Crippen molar-refractivity contribution in [2.45, 2.75) is 11.3 Å². The summed E-state index contributed by atoms with van der Waals surface area (Å²) in [6, 6.07) is 10.4. The van der Waals surface area contributed by atoms with Gasteiger partial charge in [-0.25, -0.2) is 12.7 Å². The number of pyridine rings is 1. The summed E-state index contributed by atoms with van der Waals surface area (Å²) in [5.74, 6) is 0. The van der Waals surface area contributed by atoms with E-state index in [2.05, 4.69) is 20.9 Å². The number of anilines is 1. The fourth-order valence-electron chi connectivity index (χ4n) is 1.84. The van der Waals surface area contributed by atoms with Crippen LogP contribution in [0.5, 0.6) is 0 Å². The molecule has 0 atom stereocenters. The van der Waals surface area contributed by atoms with Crippen LogP contribution >= 0.6 is 15.9 Å². The first-order chi connectivity index (χ1) is 9.91. The third-order valence-corrected chi connectivity index (χ3v) is 5.48. The summed E-state index contributed by atoms with van der Waals surface area (Å²) in [6.07, 6.45) is 2.24. The van der Waals surface area contributed by atoms with Crippen LogP contribution in [0.1, 0.15) is 5.69 Å². The van der Waals surface area contributed by atoms with Crippen molar-refractivity contribution in [1.82, 2.24) is 9.29 Å². The predicted molar refractivity (Wildman–Crippen MR) is 86.3 cm³/mol. The molecule has 2 aromatic rings. The van der Waals surface area contributed by atoms with Gasteiger partial charge in [0.1, 0.15) is 4.90 Å². The number of sulfonamides is 1. The maximum atomic E-state index is 12.5. The lowest BCUT2D eigenvalue weighted by molar-refractivity contribution is 0.471. The van der Waals surface area contributed by atoms with Crippen LogP contribution in [0, 0.1) is 0 Å². The molecule has 1 heterocycles. The number of nitrogen functional groups attached to an aromatic ring is 1. The molecular formula is C14H16BrN3O2S. The van der Waals surface area contributed by atoms with Crippen molar-refractivity contribution >= 4 is 31.6 Å². The highest BCUT2D eigenvalue weighted by molar-refractivity contribution is 9.10. The van der Waals surface area contributed by atoms with Crippen molar-refractivity contribution in [2.75, 3.05) is 19.3 Å². The number of nitrogens with two attached hydrogens (primary N) is 1. The zero-order valence-electron chi connectivity index (χ0n) is 11.5. The Hall–Kier alpha value is -1.44. The lowest BCUT2D eigenvalue weighted by atomic mass is 10.3. The standard InChI is InChI=1S/C14H16BrN3O2S/c1-18(9-7-12-4-2-3-8-17-12)21(19,20)14-10-11(15)5-6-13(14)16/h2-6,8,10H,7,9,16H2,1H3. The molecule has 1 aromatic heterocycles. The Balaban J connectivity index is 2.17. The van der Waals surface area contributed by atoms with Crippen LogP contribution in [-0.2, 0) is 16.4 Å². The SMILES string of the molecule is CN(CCc1ccccn1)S(=O)(=O)c1cc(Br)ccc1N. The van der Waals surface area contributed by atoms with Gasteiger partial charge in [0.15, 0.2) is 0 Å². The molecule has 0 saturated carbocycles. The molecule has 0 bridgehead atoms. The average Bonchev–Trinajstić information content (AvgIpc) is 2.48. The summed E-state index contributed by atoms with van der Waals surface area (Å²) >= 11 is 3.27. The van der Waals surface area contributed by atoms with Gasteiger partial charge >= 0.3 is 0 Å². The Morgan fingerprint density at radius 3 is 2.71 bits per heavy atom. The summed E-state index contributed by atoms with van der Waals surface area (Å²) in [6.45, 7) is 0.339. The van der Waals surface area contributed by atoms with Crippen molar-refractivity contribution in [3.05, 3.63) is 52.8 Å². The monoisotopic (exact) mass is 369 g/mol. The summed E-state index contributed by atoms with van der Waals surface area (Å²) in [4.78, 5) is 4.29. The molecule has 5 nitrogen and oxygen atoms in total. The summed E-state index contributed by atoms with van der Waals surface area (Å²) in [5.41, 5.74) is 6.87. The number of hydrogen-bond donors (Lipinski definition) is 1. The Labute approximate surface area is 133 Å². The second kappa shape index (κ2) is 6.55. The van der Waals surface area contributed by atoms with E-state index in [-0.39, 0.29) is 10.6 Å². The Bertz CT molecular complexity index is 720. The molecule has 0 unspecified atom stereocenters. The first-order valence-corrected chi connectivity index (χ1v) is 8.56. The number of halogens is 1. The van der Waals surface area contributed by atoms with E-state index < -0.39 is 10.0 Å². The minimum absolute atomic E-state index is 0.111. The zero-order valence-corrected chi connectivity index (χ0v) is 13.9. The topological polar surface area (TPSA) is 76.3 Å². The fraction of sp³-hybridized carbons (Fsp3) is 0.214. The van der Waals surface area contributed by atoms with Gasteiger partial charge in [0.2, 0.25) is 10.0 Å². The second-order valence-electron chi connectivity index (χ2n) is 4.58. The van der Waals surface area contributed by atoms with Crippen LogP contribution in [0.25, 0.3) is 0 Å². The first kappa shape index (κ1) is 15.9. The van der Waals surface area contributed by atoms with Crippen LogP contribution in [0.3, 0.4) is 0 Å². The van der Waals surface area contributed by atoms with Gasteiger partial charge in [-0.3, -0.25) is 4.98 Å². The van der Waals surface area contributed by atoms with E-state index in [1.807, 2.05) is 18.2 Å². The van der Waals surface area contributed by atoms with Crippen molar-refractivity contribution in [1.29, 1.82) is 0 Å². The zero-order chi connectivity index (χ0) is 15.5. The lowest BCUT2D eigenvalue weighted by Crippen LogP contribution is -2.29. The van der Waals surface area contributed by atoms with Crippen LogP contribution in [0.2, 0.25) is 0 Å². The van der Waals surface area contributed by atoms with Crippen molar-refractivity contribution in [3.8, 4) is 0 Å². The largest absolute Gasteiger partial charge is 0.398 e. The molecule has 0 aliphatic heterocycles. The van der Waals surface area contributed by atoms with E-state index >= 15 is 0 Å². The fourth-order valence-corrected chi connectivity index (χ4v) is 3.66. The van der Waals surface area contributed by atoms with Gasteiger partial charge in [-0.05, 0) is 30.3 Å². The van der Waals surface area contributed by atoms with E-state index in [1.54, 1.807) is 25.4 Å². The Kier molecular flexibility index (Phi) is 4.97. The molecule has 112 valence electrons. The molecule has 0 fully saturated rings. The van der Waals surface area contributed by atoms with Gasteiger partial charge in [-0.15, -0.1) is 0 Å². The van der Waals surface area contributed by atoms with E-state index in [9.17, 15) is 8.42 Å². The molecule has 2 N–H and O–H groups in total. The molecule has 0 amide bonds. The smallest absolute Gasteiger partial charge is 0.244 e. The number of nitrogens with zero attached hydrogens (tertiary/aromatic N) is 2. The maximum Gasteiger partial charge on any atom is 0.244 e. The van der Waals surface area contributed by atoms with Gasteiger partial charge in [-0.2, -0.15) is 0 Å². The average molecular weight is 370 g/mol. The Morgan fingerprint density at radius 1 is 1.29 bits per heavy atom. The van der Waals surface area contributed by atoms with Crippen LogP contribution in [0.15, 0.2) is 52.0 Å². The highest BCUT2D eigenvalue weighted by Gasteiger charge is 2.23. The molecule has 0 spiro atoms. The van der Waals surface area contributed by atoms with E-state index in [4.69, 9.17) is 5.73 Å². The van der Waals surface area contributed by atoms with Gasteiger partial charge in [0.05, 0.1) is 5.69 Å². The molecule has 2 rings (SSSR count). The molecule has 0 saturated heterocycles. The van der Waals surface area contributed by atoms with Crippen molar-refractivity contribution in [2.24, 2.45) is 0 Å². The Morgan fingerprint density at radius 2 is 2.05 bits per heavy atom. The maximum absolute atomic E-state index is 12.5. The van der Waals surface area contributed by atoms with Crippen molar-refractivity contribution < 1.29 is 8.42 Å². The van der Waals surface area contributed by atoms with Crippen LogP contribution in [0.4, 0.5) is 5.69 Å². The number of rotatable bonds is 5. The highest BCUT2D eigenvalue weighted by Crippen LogP contribution is 2.25.